The lowest BCUT2D eigenvalue weighted by Crippen LogP contribution is -2.44. The third-order valence-corrected chi connectivity index (χ3v) is 6.82. The number of guanidine groups is 1. The Labute approximate surface area is 153 Å². The molecular weight excluding hydrogens is 360 g/mol. The van der Waals surface area contributed by atoms with E-state index in [4.69, 9.17) is 0 Å². The van der Waals surface area contributed by atoms with Gasteiger partial charge >= 0.3 is 0 Å². The SMILES string of the molecule is O=S1(=O)CCC(CNC(=NCc2ccc(F)c(F)c2)NC2CCCC2)C1. The van der Waals surface area contributed by atoms with Crippen molar-refractivity contribution < 1.29 is 17.2 Å². The van der Waals surface area contributed by atoms with Crippen molar-refractivity contribution in [2.45, 2.75) is 44.7 Å². The molecule has 1 unspecified atom stereocenters. The van der Waals surface area contributed by atoms with Gasteiger partial charge in [-0.25, -0.2) is 22.2 Å². The van der Waals surface area contributed by atoms with E-state index in [1.165, 1.54) is 18.9 Å². The Bertz CT molecular complexity index is 762. The van der Waals surface area contributed by atoms with Gasteiger partial charge in [0.2, 0.25) is 0 Å². The molecule has 0 aromatic heterocycles. The first kappa shape index (κ1) is 19.1. The van der Waals surface area contributed by atoms with E-state index in [0.717, 1.165) is 25.0 Å². The molecule has 8 heteroatoms. The molecule has 1 atom stereocenters. The predicted molar refractivity (Wildman–Crippen MR) is 97.7 cm³/mol. The Morgan fingerprint density at radius 2 is 1.92 bits per heavy atom. The van der Waals surface area contributed by atoms with Crippen molar-refractivity contribution in [2.24, 2.45) is 10.9 Å². The summed E-state index contributed by atoms with van der Waals surface area (Å²) in [7, 11) is -2.91. The first-order valence-corrected chi connectivity index (χ1v) is 10.9. The molecule has 1 aromatic carbocycles. The van der Waals surface area contributed by atoms with Crippen molar-refractivity contribution in [2.75, 3.05) is 18.1 Å². The van der Waals surface area contributed by atoms with Crippen LogP contribution in [0.5, 0.6) is 0 Å². The first-order valence-electron chi connectivity index (χ1n) is 9.10. The van der Waals surface area contributed by atoms with Gasteiger partial charge in [-0.2, -0.15) is 0 Å². The number of rotatable bonds is 5. The van der Waals surface area contributed by atoms with Crippen LogP contribution in [0.15, 0.2) is 23.2 Å². The molecule has 1 saturated carbocycles. The zero-order valence-corrected chi connectivity index (χ0v) is 15.5. The Kier molecular flexibility index (Phi) is 6.11. The van der Waals surface area contributed by atoms with Crippen molar-refractivity contribution >= 4 is 15.8 Å². The normalized spacial score (nSPS) is 23.3. The number of halogens is 2. The summed E-state index contributed by atoms with van der Waals surface area (Å²) in [6, 6.07) is 4.11. The quantitative estimate of drug-likeness (QED) is 0.603. The van der Waals surface area contributed by atoms with Crippen LogP contribution >= 0.6 is 0 Å². The summed E-state index contributed by atoms with van der Waals surface area (Å²) in [5, 5.41) is 6.61. The summed E-state index contributed by atoms with van der Waals surface area (Å²) < 4.78 is 49.6. The fourth-order valence-corrected chi connectivity index (χ4v) is 5.36. The lowest BCUT2D eigenvalue weighted by molar-refractivity contribution is 0.507. The van der Waals surface area contributed by atoms with Gasteiger partial charge in [-0.05, 0) is 42.9 Å². The highest BCUT2D eigenvalue weighted by Gasteiger charge is 2.28. The highest BCUT2D eigenvalue weighted by molar-refractivity contribution is 7.91. The highest BCUT2D eigenvalue weighted by atomic mass is 32.2. The summed E-state index contributed by atoms with van der Waals surface area (Å²) in [6.07, 6.45) is 5.16. The maximum absolute atomic E-state index is 13.3. The van der Waals surface area contributed by atoms with Crippen molar-refractivity contribution in [3.05, 3.63) is 35.4 Å². The fourth-order valence-electron chi connectivity index (χ4n) is 3.50. The van der Waals surface area contributed by atoms with E-state index in [0.29, 0.717) is 30.5 Å². The number of sulfone groups is 1. The second-order valence-corrected chi connectivity index (χ2v) is 9.42. The van der Waals surface area contributed by atoms with E-state index < -0.39 is 21.5 Å². The molecular formula is C18H25F2N3O2S. The van der Waals surface area contributed by atoms with Crippen molar-refractivity contribution in [1.29, 1.82) is 0 Å². The largest absolute Gasteiger partial charge is 0.356 e. The molecule has 1 saturated heterocycles. The molecule has 1 aliphatic heterocycles. The molecule has 5 nitrogen and oxygen atoms in total. The van der Waals surface area contributed by atoms with Crippen LogP contribution in [0, 0.1) is 17.6 Å². The number of aliphatic imine (C=N–C) groups is 1. The Morgan fingerprint density at radius 1 is 1.15 bits per heavy atom. The highest BCUT2D eigenvalue weighted by Crippen LogP contribution is 2.19. The van der Waals surface area contributed by atoms with Crippen LogP contribution in [0.1, 0.15) is 37.7 Å². The van der Waals surface area contributed by atoms with E-state index in [9.17, 15) is 17.2 Å². The van der Waals surface area contributed by atoms with Crippen LogP contribution in [-0.4, -0.2) is 38.5 Å². The van der Waals surface area contributed by atoms with Gasteiger partial charge in [0.25, 0.3) is 0 Å². The minimum absolute atomic E-state index is 0.0823. The van der Waals surface area contributed by atoms with Crippen LogP contribution in [0.25, 0.3) is 0 Å². The number of hydrogen-bond acceptors (Lipinski definition) is 3. The minimum atomic E-state index is -2.91. The first-order chi connectivity index (χ1) is 12.4. The second kappa shape index (κ2) is 8.33. The topological polar surface area (TPSA) is 70.6 Å². The van der Waals surface area contributed by atoms with Gasteiger partial charge in [0, 0.05) is 12.6 Å². The van der Waals surface area contributed by atoms with Crippen LogP contribution in [0.3, 0.4) is 0 Å². The number of nitrogens with zero attached hydrogens (tertiary/aromatic N) is 1. The Morgan fingerprint density at radius 3 is 2.58 bits per heavy atom. The molecule has 0 spiro atoms. The maximum atomic E-state index is 13.3. The average Bonchev–Trinajstić information content (AvgIpc) is 3.22. The lowest BCUT2D eigenvalue weighted by Gasteiger charge is -2.19. The number of benzene rings is 1. The summed E-state index contributed by atoms with van der Waals surface area (Å²) in [5.74, 6) is -0.615. The summed E-state index contributed by atoms with van der Waals surface area (Å²) in [4.78, 5) is 4.48. The lowest BCUT2D eigenvalue weighted by atomic mass is 10.1. The van der Waals surface area contributed by atoms with E-state index in [1.807, 2.05) is 0 Å². The molecule has 1 aliphatic carbocycles. The molecule has 1 aromatic rings. The van der Waals surface area contributed by atoms with E-state index in [-0.39, 0.29) is 24.0 Å². The molecule has 3 rings (SSSR count). The molecule has 0 bridgehead atoms. The molecule has 2 fully saturated rings. The molecule has 0 amide bonds. The van der Waals surface area contributed by atoms with Crippen LogP contribution in [0.4, 0.5) is 8.78 Å². The van der Waals surface area contributed by atoms with Crippen molar-refractivity contribution in [3.63, 3.8) is 0 Å². The second-order valence-electron chi connectivity index (χ2n) is 7.19. The Hall–Kier alpha value is -1.70. The van der Waals surface area contributed by atoms with Crippen LogP contribution < -0.4 is 10.6 Å². The maximum Gasteiger partial charge on any atom is 0.191 e. The third kappa shape index (κ3) is 5.40. The monoisotopic (exact) mass is 385 g/mol. The molecule has 0 radical (unpaired) electrons. The van der Waals surface area contributed by atoms with E-state index in [1.54, 1.807) is 0 Å². The predicted octanol–water partition coefficient (Wildman–Crippen LogP) is 2.38. The molecule has 26 heavy (non-hydrogen) atoms. The summed E-state index contributed by atoms with van der Waals surface area (Å²) >= 11 is 0. The van der Waals surface area contributed by atoms with Gasteiger partial charge in [-0.15, -0.1) is 0 Å². The van der Waals surface area contributed by atoms with E-state index >= 15 is 0 Å². The standard InChI is InChI=1S/C18H25F2N3O2S/c19-16-6-5-13(9-17(16)20)10-21-18(23-15-3-1-2-4-15)22-11-14-7-8-26(24,25)12-14/h5-6,9,14-15H,1-4,7-8,10-12H2,(H2,21,22,23). The third-order valence-electron chi connectivity index (χ3n) is 4.98. The van der Waals surface area contributed by atoms with Crippen LogP contribution in [0.2, 0.25) is 0 Å². The van der Waals surface area contributed by atoms with E-state index in [2.05, 4.69) is 15.6 Å². The summed E-state index contributed by atoms with van der Waals surface area (Å²) in [5.41, 5.74) is 0.583. The van der Waals surface area contributed by atoms with Gasteiger partial charge < -0.3 is 10.6 Å². The van der Waals surface area contributed by atoms with Gasteiger partial charge in [-0.3, -0.25) is 0 Å². The van der Waals surface area contributed by atoms with Gasteiger partial charge in [-0.1, -0.05) is 18.9 Å². The van der Waals surface area contributed by atoms with Crippen molar-refractivity contribution in [3.8, 4) is 0 Å². The van der Waals surface area contributed by atoms with Gasteiger partial charge in [0.1, 0.15) is 0 Å². The van der Waals surface area contributed by atoms with Gasteiger partial charge in [0.15, 0.2) is 27.4 Å². The molecule has 144 valence electrons. The smallest absolute Gasteiger partial charge is 0.191 e. The van der Waals surface area contributed by atoms with Gasteiger partial charge in [0.05, 0.1) is 18.1 Å². The fraction of sp³-hybridized carbons (Fsp3) is 0.611. The number of hydrogen-bond donors (Lipinski definition) is 2. The minimum Gasteiger partial charge on any atom is -0.356 e. The van der Waals surface area contributed by atoms with Crippen LogP contribution in [-0.2, 0) is 16.4 Å². The van der Waals surface area contributed by atoms with Crippen molar-refractivity contribution in [1.82, 2.24) is 10.6 Å². The molecule has 2 N–H and O–H groups in total. The Balaban J connectivity index is 1.62. The average molecular weight is 385 g/mol. The molecule has 2 aliphatic rings. The zero-order chi connectivity index (χ0) is 18.6. The molecule has 1 heterocycles. The zero-order valence-electron chi connectivity index (χ0n) is 14.7. The number of nitrogens with one attached hydrogen (secondary N) is 2. The summed E-state index contributed by atoms with van der Waals surface area (Å²) in [6.45, 7) is 0.762.